The molecule has 0 heterocycles. The van der Waals surface area contributed by atoms with Gasteiger partial charge in [-0.15, -0.1) is 0 Å². The van der Waals surface area contributed by atoms with Crippen molar-refractivity contribution in [2.75, 3.05) is 5.32 Å². The summed E-state index contributed by atoms with van der Waals surface area (Å²) < 4.78 is 13.0. The molecule has 0 bridgehead atoms. The van der Waals surface area contributed by atoms with E-state index in [1.165, 1.54) is 18.2 Å². The number of carbonyl (C=O) groups excluding carboxylic acids is 2. The predicted octanol–water partition coefficient (Wildman–Crippen LogP) is 2.70. The maximum absolute atomic E-state index is 13.0. The summed E-state index contributed by atoms with van der Waals surface area (Å²) in [5.41, 5.74) is 2.97. The van der Waals surface area contributed by atoms with Gasteiger partial charge in [0.15, 0.2) is 0 Å². The molecule has 5 heteroatoms. The summed E-state index contributed by atoms with van der Waals surface area (Å²) in [5, 5.41) is 5.02. The fourth-order valence-electron chi connectivity index (χ4n) is 2.03. The molecule has 2 aromatic carbocycles. The minimum Gasteiger partial charge on any atom is -0.344 e. The molecule has 0 fully saturated rings. The van der Waals surface area contributed by atoms with Crippen molar-refractivity contribution in [3.05, 3.63) is 65.0 Å². The van der Waals surface area contributed by atoms with Crippen LogP contribution in [0.4, 0.5) is 10.1 Å². The van der Waals surface area contributed by atoms with E-state index in [0.29, 0.717) is 11.3 Å². The highest BCUT2D eigenvalue weighted by Gasteiger charge is 2.14. The van der Waals surface area contributed by atoms with Gasteiger partial charge in [-0.25, -0.2) is 4.39 Å². The van der Waals surface area contributed by atoms with Gasteiger partial charge in [0, 0.05) is 12.2 Å². The first kappa shape index (κ1) is 15.7. The van der Waals surface area contributed by atoms with Gasteiger partial charge >= 0.3 is 11.8 Å². The molecule has 0 saturated carbocycles. The molecule has 0 spiro atoms. The van der Waals surface area contributed by atoms with E-state index in [4.69, 9.17) is 0 Å². The van der Waals surface area contributed by atoms with Crippen molar-refractivity contribution < 1.29 is 14.0 Å². The molecule has 22 heavy (non-hydrogen) atoms. The quantitative estimate of drug-likeness (QED) is 0.856. The number of amides is 2. The Labute approximate surface area is 128 Å². The van der Waals surface area contributed by atoms with Crippen molar-refractivity contribution in [1.82, 2.24) is 5.32 Å². The molecular formula is C17H17FN2O2. The van der Waals surface area contributed by atoms with Gasteiger partial charge in [0.05, 0.1) is 0 Å². The summed E-state index contributed by atoms with van der Waals surface area (Å²) in [6, 6.07) is 11.6. The maximum atomic E-state index is 13.0. The Morgan fingerprint density at radius 3 is 2.50 bits per heavy atom. The first-order chi connectivity index (χ1) is 10.5. The highest BCUT2D eigenvalue weighted by Crippen LogP contribution is 2.15. The third-order valence-electron chi connectivity index (χ3n) is 3.18. The largest absolute Gasteiger partial charge is 0.344 e. The number of nitrogens with one attached hydrogen (secondary N) is 2. The van der Waals surface area contributed by atoms with Crippen molar-refractivity contribution in [1.29, 1.82) is 0 Å². The van der Waals surface area contributed by atoms with E-state index < -0.39 is 11.8 Å². The van der Waals surface area contributed by atoms with E-state index in [2.05, 4.69) is 10.6 Å². The van der Waals surface area contributed by atoms with E-state index in [-0.39, 0.29) is 12.4 Å². The zero-order chi connectivity index (χ0) is 16.1. The van der Waals surface area contributed by atoms with Crippen molar-refractivity contribution in [2.45, 2.75) is 20.4 Å². The first-order valence-corrected chi connectivity index (χ1v) is 6.86. The van der Waals surface area contributed by atoms with E-state index in [0.717, 1.165) is 11.1 Å². The third kappa shape index (κ3) is 4.15. The normalized spacial score (nSPS) is 10.1. The van der Waals surface area contributed by atoms with Gasteiger partial charge in [-0.05, 0) is 43.2 Å². The smallest absolute Gasteiger partial charge is 0.313 e. The van der Waals surface area contributed by atoms with Gasteiger partial charge in [0.25, 0.3) is 0 Å². The Balaban J connectivity index is 1.93. The van der Waals surface area contributed by atoms with Crippen LogP contribution in [-0.2, 0) is 16.1 Å². The van der Waals surface area contributed by atoms with Crippen LogP contribution in [0.1, 0.15) is 16.7 Å². The highest BCUT2D eigenvalue weighted by molar-refractivity contribution is 6.39. The Kier molecular flexibility index (Phi) is 4.88. The lowest BCUT2D eigenvalue weighted by molar-refractivity contribution is -0.136. The molecule has 2 aromatic rings. The van der Waals surface area contributed by atoms with E-state index in [1.807, 2.05) is 31.2 Å². The summed E-state index contributed by atoms with van der Waals surface area (Å²) >= 11 is 0. The van der Waals surface area contributed by atoms with Gasteiger partial charge in [0.1, 0.15) is 5.82 Å². The molecule has 0 aliphatic rings. The standard InChI is InChI=1S/C17H17FN2O2/c1-11-4-3-5-13(8-11)10-19-16(21)17(22)20-15-7-6-14(18)9-12(15)2/h3-9H,10H2,1-2H3,(H,19,21)(H,20,22). The number of rotatable bonds is 3. The molecule has 0 atom stereocenters. The third-order valence-corrected chi connectivity index (χ3v) is 3.18. The number of aryl methyl sites for hydroxylation is 2. The molecule has 0 aromatic heterocycles. The first-order valence-electron chi connectivity index (χ1n) is 6.86. The minimum absolute atomic E-state index is 0.274. The van der Waals surface area contributed by atoms with Crippen LogP contribution in [0, 0.1) is 19.7 Å². The van der Waals surface area contributed by atoms with Crippen LogP contribution in [0.3, 0.4) is 0 Å². The second-order valence-electron chi connectivity index (χ2n) is 5.09. The van der Waals surface area contributed by atoms with Gasteiger partial charge in [-0.3, -0.25) is 9.59 Å². The van der Waals surface area contributed by atoms with Crippen molar-refractivity contribution in [3.8, 4) is 0 Å². The Hall–Kier alpha value is -2.69. The van der Waals surface area contributed by atoms with Crippen LogP contribution >= 0.6 is 0 Å². The summed E-state index contributed by atoms with van der Waals surface area (Å²) in [7, 11) is 0. The van der Waals surface area contributed by atoms with Crippen molar-refractivity contribution in [2.24, 2.45) is 0 Å². The molecule has 114 valence electrons. The second kappa shape index (κ2) is 6.85. The highest BCUT2D eigenvalue weighted by atomic mass is 19.1. The molecule has 2 N–H and O–H groups in total. The summed E-state index contributed by atoms with van der Waals surface area (Å²) in [5.74, 6) is -1.90. The summed E-state index contributed by atoms with van der Waals surface area (Å²) in [6.07, 6.45) is 0. The molecule has 0 saturated heterocycles. The SMILES string of the molecule is Cc1cccc(CNC(=O)C(=O)Nc2ccc(F)cc2C)c1. The van der Waals surface area contributed by atoms with Crippen LogP contribution in [0.2, 0.25) is 0 Å². The molecule has 2 amide bonds. The molecule has 4 nitrogen and oxygen atoms in total. The van der Waals surface area contributed by atoms with Crippen molar-refractivity contribution in [3.63, 3.8) is 0 Å². The van der Waals surface area contributed by atoms with E-state index >= 15 is 0 Å². The van der Waals surface area contributed by atoms with Crippen LogP contribution in [0.15, 0.2) is 42.5 Å². The zero-order valence-corrected chi connectivity index (χ0v) is 12.4. The Bertz CT molecular complexity index is 714. The lowest BCUT2D eigenvalue weighted by Crippen LogP contribution is -2.35. The Morgan fingerprint density at radius 1 is 1.05 bits per heavy atom. The van der Waals surface area contributed by atoms with Gasteiger partial charge in [0.2, 0.25) is 0 Å². The monoisotopic (exact) mass is 300 g/mol. The van der Waals surface area contributed by atoms with Gasteiger partial charge in [-0.1, -0.05) is 29.8 Å². The number of carbonyl (C=O) groups is 2. The number of hydrogen-bond donors (Lipinski definition) is 2. The fraction of sp³-hybridized carbons (Fsp3) is 0.176. The lowest BCUT2D eigenvalue weighted by atomic mass is 10.1. The van der Waals surface area contributed by atoms with Crippen LogP contribution in [0.5, 0.6) is 0 Å². The molecule has 0 unspecified atom stereocenters. The summed E-state index contributed by atoms with van der Waals surface area (Å²) in [4.78, 5) is 23.6. The summed E-state index contributed by atoms with van der Waals surface area (Å²) in [6.45, 7) is 3.88. The van der Waals surface area contributed by atoms with Crippen LogP contribution in [-0.4, -0.2) is 11.8 Å². The number of benzene rings is 2. The topological polar surface area (TPSA) is 58.2 Å². The van der Waals surface area contributed by atoms with E-state index in [1.54, 1.807) is 6.92 Å². The predicted molar refractivity (Wildman–Crippen MR) is 82.8 cm³/mol. The minimum atomic E-state index is -0.776. The van der Waals surface area contributed by atoms with Crippen LogP contribution in [0.25, 0.3) is 0 Å². The average molecular weight is 300 g/mol. The molecular weight excluding hydrogens is 283 g/mol. The number of hydrogen-bond acceptors (Lipinski definition) is 2. The average Bonchev–Trinajstić information content (AvgIpc) is 2.47. The molecule has 0 radical (unpaired) electrons. The van der Waals surface area contributed by atoms with Crippen LogP contribution < -0.4 is 10.6 Å². The molecule has 2 rings (SSSR count). The number of anilines is 1. The van der Waals surface area contributed by atoms with Gasteiger partial charge in [-0.2, -0.15) is 0 Å². The Morgan fingerprint density at radius 2 is 1.82 bits per heavy atom. The van der Waals surface area contributed by atoms with E-state index in [9.17, 15) is 14.0 Å². The van der Waals surface area contributed by atoms with Crippen molar-refractivity contribution >= 4 is 17.5 Å². The zero-order valence-electron chi connectivity index (χ0n) is 12.4. The lowest BCUT2D eigenvalue weighted by Gasteiger charge is -2.09. The maximum Gasteiger partial charge on any atom is 0.313 e. The number of halogens is 1. The molecule has 0 aliphatic heterocycles. The second-order valence-corrected chi connectivity index (χ2v) is 5.09. The molecule has 0 aliphatic carbocycles. The fourth-order valence-corrected chi connectivity index (χ4v) is 2.03. The van der Waals surface area contributed by atoms with Gasteiger partial charge < -0.3 is 10.6 Å².